The van der Waals surface area contributed by atoms with E-state index in [4.69, 9.17) is 16.6 Å². The van der Waals surface area contributed by atoms with Crippen LogP contribution in [-0.4, -0.2) is 20.3 Å². The summed E-state index contributed by atoms with van der Waals surface area (Å²) in [5, 5.41) is 3.38. The molecule has 0 unspecified atom stereocenters. The van der Waals surface area contributed by atoms with Gasteiger partial charge in [0.15, 0.2) is 0 Å². The maximum absolute atomic E-state index is 13.0. The highest BCUT2D eigenvalue weighted by Gasteiger charge is 2.20. The van der Waals surface area contributed by atoms with Crippen LogP contribution in [0.15, 0.2) is 67.0 Å². The number of aryl methyl sites for hydroxylation is 1. The van der Waals surface area contributed by atoms with Crippen molar-refractivity contribution in [1.82, 2.24) is 19.7 Å². The van der Waals surface area contributed by atoms with Gasteiger partial charge >= 0.3 is 0 Å². The molecule has 1 N–H and O–H groups in total. The highest BCUT2D eigenvalue weighted by Crippen LogP contribution is 2.25. The first-order chi connectivity index (χ1) is 13.1. The molecule has 0 saturated carbocycles. The SMILES string of the molecule is Cc1ccn2c(C(=O)NCc3ccc(Cl)nc3)c(-c3ccccc3)nc2c1. The molecule has 0 fully saturated rings. The van der Waals surface area contributed by atoms with Crippen LogP contribution in [0.4, 0.5) is 0 Å². The van der Waals surface area contributed by atoms with Gasteiger partial charge in [0.25, 0.3) is 5.91 Å². The van der Waals surface area contributed by atoms with E-state index in [9.17, 15) is 4.79 Å². The van der Waals surface area contributed by atoms with Gasteiger partial charge in [-0.1, -0.05) is 48.0 Å². The van der Waals surface area contributed by atoms with E-state index in [0.717, 1.165) is 22.3 Å². The number of hydrogen-bond donors (Lipinski definition) is 1. The number of imidazole rings is 1. The van der Waals surface area contributed by atoms with Gasteiger partial charge in [-0.05, 0) is 36.2 Å². The van der Waals surface area contributed by atoms with Crippen molar-refractivity contribution >= 4 is 23.2 Å². The number of hydrogen-bond acceptors (Lipinski definition) is 3. The molecule has 0 aliphatic carbocycles. The predicted molar refractivity (Wildman–Crippen MR) is 106 cm³/mol. The van der Waals surface area contributed by atoms with Crippen LogP contribution >= 0.6 is 11.6 Å². The van der Waals surface area contributed by atoms with Crippen LogP contribution in [0.25, 0.3) is 16.9 Å². The van der Waals surface area contributed by atoms with Gasteiger partial charge in [0.1, 0.15) is 22.2 Å². The smallest absolute Gasteiger partial charge is 0.270 e. The van der Waals surface area contributed by atoms with E-state index in [2.05, 4.69) is 10.3 Å². The maximum atomic E-state index is 13.0. The molecule has 4 aromatic rings. The Hall–Kier alpha value is -3.18. The van der Waals surface area contributed by atoms with Crippen molar-refractivity contribution < 1.29 is 4.79 Å². The van der Waals surface area contributed by atoms with Crippen LogP contribution in [0.2, 0.25) is 5.15 Å². The molecule has 134 valence electrons. The van der Waals surface area contributed by atoms with E-state index in [1.165, 1.54) is 0 Å². The van der Waals surface area contributed by atoms with Crippen molar-refractivity contribution in [2.75, 3.05) is 0 Å². The van der Waals surface area contributed by atoms with Crippen LogP contribution in [-0.2, 0) is 6.54 Å². The molecule has 3 heterocycles. The van der Waals surface area contributed by atoms with Crippen molar-refractivity contribution in [3.05, 3.63) is 89.0 Å². The average molecular weight is 377 g/mol. The molecule has 0 bridgehead atoms. The lowest BCUT2D eigenvalue weighted by Crippen LogP contribution is -2.25. The number of pyridine rings is 2. The Morgan fingerprint density at radius 3 is 2.70 bits per heavy atom. The van der Waals surface area contributed by atoms with Gasteiger partial charge in [-0.25, -0.2) is 9.97 Å². The lowest BCUT2D eigenvalue weighted by molar-refractivity contribution is 0.0945. The van der Waals surface area contributed by atoms with Gasteiger partial charge in [-0.15, -0.1) is 0 Å². The number of rotatable bonds is 4. The first kappa shape index (κ1) is 17.2. The average Bonchev–Trinajstić information content (AvgIpc) is 3.06. The first-order valence-electron chi connectivity index (χ1n) is 8.54. The third kappa shape index (κ3) is 3.55. The van der Waals surface area contributed by atoms with Crippen molar-refractivity contribution in [1.29, 1.82) is 0 Å². The Labute approximate surface area is 161 Å². The van der Waals surface area contributed by atoms with Gasteiger partial charge in [-0.2, -0.15) is 0 Å². The molecule has 3 aromatic heterocycles. The number of amides is 1. The van der Waals surface area contributed by atoms with Crippen molar-refractivity contribution in [3.8, 4) is 11.3 Å². The van der Waals surface area contributed by atoms with Crippen LogP contribution in [0.3, 0.4) is 0 Å². The molecule has 0 radical (unpaired) electrons. The fourth-order valence-corrected chi connectivity index (χ4v) is 3.05. The Morgan fingerprint density at radius 1 is 1.15 bits per heavy atom. The van der Waals surface area contributed by atoms with E-state index in [1.54, 1.807) is 12.3 Å². The van der Waals surface area contributed by atoms with Crippen LogP contribution in [0.1, 0.15) is 21.6 Å². The first-order valence-corrected chi connectivity index (χ1v) is 8.92. The van der Waals surface area contributed by atoms with Gasteiger partial charge in [0.05, 0.1) is 0 Å². The Balaban J connectivity index is 1.72. The van der Waals surface area contributed by atoms with Crippen LogP contribution < -0.4 is 5.32 Å². The number of carbonyl (C=O) groups is 1. The maximum Gasteiger partial charge on any atom is 0.270 e. The molecule has 5 nitrogen and oxygen atoms in total. The zero-order valence-corrected chi connectivity index (χ0v) is 15.4. The van der Waals surface area contributed by atoms with Crippen molar-refractivity contribution in [2.24, 2.45) is 0 Å². The van der Waals surface area contributed by atoms with Crippen molar-refractivity contribution in [3.63, 3.8) is 0 Å². The topological polar surface area (TPSA) is 59.3 Å². The second-order valence-corrected chi connectivity index (χ2v) is 6.67. The minimum Gasteiger partial charge on any atom is -0.347 e. The molecule has 1 aromatic carbocycles. The second-order valence-electron chi connectivity index (χ2n) is 6.28. The van der Waals surface area contributed by atoms with E-state index in [0.29, 0.717) is 23.1 Å². The zero-order valence-electron chi connectivity index (χ0n) is 14.7. The summed E-state index contributed by atoms with van der Waals surface area (Å²) < 4.78 is 1.82. The monoisotopic (exact) mass is 376 g/mol. The van der Waals surface area contributed by atoms with Gasteiger partial charge in [-0.3, -0.25) is 9.20 Å². The molecule has 27 heavy (non-hydrogen) atoms. The number of nitrogens with zero attached hydrogens (tertiary/aromatic N) is 3. The summed E-state index contributed by atoms with van der Waals surface area (Å²) in [6, 6.07) is 17.2. The summed E-state index contributed by atoms with van der Waals surface area (Å²) >= 11 is 5.81. The van der Waals surface area contributed by atoms with Gasteiger partial charge in [0, 0.05) is 24.5 Å². The third-order valence-electron chi connectivity index (χ3n) is 4.29. The fourth-order valence-electron chi connectivity index (χ4n) is 2.94. The van der Waals surface area contributed by atoms with Gasteiger partial charge in [0.2, 0.25) is 0 Å². The summed E-state index contributed by atoms with van der Waals surface area (Å²) in [5.74, 6) is -0.194. The Morgan fingerprint density at radius 2 is 1.96 bits per heavy atom. The molecule has 0 spiro atoms. The molecular weight excluding hydrogens is 360 g/mol. The van der Waals surface area contributed by atoms with E-state index < -0.39 is 0 Å². The molecule has 0 aliphatic heterocycles. The van der Waals surface area contributed by atoms with E-state index in [-0.39, 0.29) is 5.91 Å². The van der Waals surface area contributed by atoms with E-state index >= 15 is 0 Å². The molecule has 6 heteroatoms. The second kappa shape index (κ2) is 7.21. The van der Waals surface area contributed by atoms with Crippen LogP contribution in [0, 0.1) is 6.92 Å². The normalized spacial score (nSPS) is 10.9. The number of nitrogens with one attached hydrogen (secondary N) is 1. The number of carbonyl (C=O) groups excluding carboxylic acids is 1. The summed E-state index contributed by atoms with van der Waals surface area (Å²) in [6.07, 6.45) is 3.53. The largest absolute Gasteiger partial charge is 0.347 e. The number of aromatic nitrogens is 3. The molecule has 0 aliphatic rings. The molecule has 0 saturated heterocycles. The molecule has 1 amide bonds. The predicted octanol–water partition coefficient (Wildman–Crippen LogP) is 4.29. The van der Waals surface area contributed by atoms with Gasteiger partial charge < -0.3 is 5.32 Å². The standard InChI is InChI=1S/C21H17ClN4O/c1-14-9-10-26-18(11-14)25-19(16-5-3-2-4-6-16)20(26)21(27)24-13-15-7-8-17(22)23-12-15/h2-12H,13H2,1H3,(H,24,27). The van der Waals surface area contributed by atoms with Crippen LogP contribution in [0.5, 0.6) is 0 Å². The highest BCUT2D eigenvalue weighted by atomic mass is 35.5. The molecule has 0 atom stereocenters. The molecular formula is C21H17ClN4O. The Bertz CT molecular complexity index is 1100. The molecule has 4 rings (SSSR count). The number of benzene rings is 1. The minimum absolute atomic E-state index is 0.194. The summed E-state index contributed by atoms with van der Waals surface area (Å²) in [5.41, 5.74) is 4.78. The quantitative estimate of drug-likeness (QED) is 0.540. The number of fused-ring (bicyclic) bond motifs is 1. The number of halogens is 1. The summed E-state index contributed by atoms with van der Waals surface area (Å²) in [4.78, 5) is 21.8. The van der Waals surface area contributed by atoms with Crippen molar-refractivity contribution in [2.45, 2.75) is 13.5 Å². The summed E-state index contributed by atoms with van der Waals surface area (Å²) in [6.45, 7) is 2.36. The zero-order chi connectivity index (χ0) is 18.8. The fraction of sp³-hybridized carbons (Fsp3) is 0.0952. The van der Waals surface area contributed by atoms with E-state index in [1.807, 2.05) is 66.1 Å². The minimum atomic E-state index is -0.194. The highest BCUT2D eigenvalue weighted by molar-refractivity contribution is 6.29. The Kier molecular flexibility index (Phi) is 4.60. The lowest BCUT2D eigenvalue weighted by Gasteiger charge is -2.08. The lowest BCUT2D eigenvalue weighted by atomic mass is 10.1. The summed E-state index contributed by atoms with van der Waals surface area (Å²) in [7, 11) is 0. The third-order valence-corrected chi connectivity index (χ3v) is 4.51.